The largest absolute Gasteiger partial charge is 0.378 e. The summed E-state index contributed by atoms with van der Waals surface area (Å²) in [6, 6.07) is 4.92. The average molecular weight is 456 g/mol. The van der Waals surface area contributed by atoms with Gasteiger partial charge in [0.15, 0.2) is 5.13 Å². The molecule has 2 N–H and O–H groups in total. The Morgan fingerprint density at radius 1 is 1.25 bits per heavy atom. The van der Waals surface area contributed by atoms with Gasteiger partial charge in [-0.15, -0.1) is 11.3 Å². The van der Waals surface area contributed by atoms with Crippen molar-refractivity contribution in [2.45, 2.75) is 6.43 Å². The van der Waals surface area contributed by atoms with Crippen LogP contribution in [0.5, 0.6) is 0 Å². The number of rotatable bonds is 5. The van der Waals surface area contributed by atoms with Crippen LogP contribution >= 0.6 is 11.3 Å². The van der Waals surface area contributed by atoms with Gasteiger partial charge in [-0.3, -0.25) is 15.1 Å². The molecule has 4 aromatic rings. The molecule has 0 aliphatic carbocycles. The number of ether oxygens (including phenoxy) is 1. The van der Waals surface area contributed by atoms with E-state index in [1.807, 2.05) is 4.90 Å². The monoisotopic (exact) mass is 456 g/mol. The SMILES string of the molecule is O=C(Nc1nccs1)c1cncc2[nH]c(-c3ccc(N4CCOCC4)cc3C(F)F)nc12. The van der Waals surface area contributed by atoms with Crippen LogP contribution in [0.4, 0.5) is 19.6 Å². The van der Waals surface area contributed by atoms with E-state index in [9.17, 15) is 13.6 Å². The molecule has 11 heteroatoms. The van der Waals surface area contributed by atoms with E-state index in [1.54, 1.807) is 23.7 Å². The number of nitrogens with one attached hydrogen (secondary N) is 2. The molecule has 1 amide bonds. The molecule has 0 spiro atoms. The highest BCUT2D eigenvalue weighted by atomic mass is 32.1. The van der Waals surface area contributed by atoms with Crippen molar-refractivity contribution >= 4 is 39.1 Å². The van der Waals surface area contributed by atoms with Crippen molar-refractivity contribution in [3.05, 3.63) is 53.3 Å². The number of anilines is 2. The number of hydrogen-bond donors (Lipinski definition) is 2. The first-order chi connectivity index (χ1) is 15.6. The number of thiazole rings is 1. The lowest BCUT2D eigenvalue weighted by Gasteiger charge is -2.29. The summed E-state index contributed by atoms with van der Waals surface area (Å²) in [4.78, 5) is 30.3. The minimum Gasteiger partial charge on any atom is -0.378 e. The summed E-state index contributed by atoms with van der Waals surface area (Å²) >= 11 is 1.28. The Hall–Kier alpha value is -3.44. The quantitative estimate of drug-likeness (QED) is 0.469. The number of carbonyl (C=O) groups is 1. The molecule has 1 saturated heterocycles. The molecule has 1 aliphatic heterocycles. The molecule has 0 bridgehead atoms. The number of hydrogen-bond acceptors (Lipinski definition) is 7. The van der Waals surface area contributed by atoms with E-state index in [0.717, 1.165) is 0 Å². The highest BCUT2D eigenvalue weighted by Crippen LogP contribution is 2.34. The van der Waals surface area contributed by atoms with Gasteiger partial charge in [0.25, 0.3) is 12.3 Å². The molecule has 3 aromatic heterocycles. The molecular formula is C21H18F2N6O2S. The molecule has 8 nitrogen and oxygen atoms in total. The van der Waals surface area contributed by atoms with Gasteiger partial charge < -0.3 is 14.6 Å². The fourth-order valence-electron chi connectivity index (χ4n) is 3.64. The van der Waals surface area contributed by atoms with E-state index < -0.39 is 12.3 Å². The third kappa shape index (κ3) is 3.92. The predicted octanol–water partition coefficient (Wildman–Crippen LogP) is 4.11. The molecule has 0 atom stereocenters. The van der Waals surface area contributed by atoms with Crippen molar-refractivity contribution in [2.24, 2.45) is 0 Å². The molecule has 4 heterocycles. The molecule has 5 rings (SSSR count). The van der Waals surface area contributed by atoms with Gasteiger partial charge in [-0.25, -0.2) is 18.7 Å². The lowest BCUT2D eigenvalue weighted by atomic mass is 10.1. The third-order valence-electron chi connectivity index (χ3n) is 5.19. The van der Waals surface area contributed by atoms with Crippen LogP contribution in [0.3, 0.4) is 0 Å². The van der Waals surface area contributed by atoms with Gasteiger partial charge in [0.05, 0.1) is 30.5 Å². The van der Waals surface area contributed by atoms with Crippen molar-refractivity contribution in [2.75, 3.05) is 36.5 Å². The van der Waals surface area contributed by atoms with Crippen LogP contribution < -0.4 is 10.2 Å². The molecule has 0 saturated carbocycles. The summed E-state index contributed by atoms with van der Waals surface area (Å²) in [6.45, 7) is 2.42. The maximum Gasteiger partial charge on any atom is 0.264 e. The topological polar surface area (TPSA) is 96.0 Å². The van der Waals surface area contributed by atoms with Gasteiger partial charge in [-0.1, -0.05) is 0 Å². The first-order valence-corrected chi connectivity index (χ1v) is 10.8. The van der Waals surface area contributed by atoms with Crippen LogP contribution in [0.2, 0.25) is 0 Å². The minimum atomic E-state index is -2.69. The van der Waals surface area contributed by atoms with Crippen LogP contribution in [0.25, 0.3) is 22.4 Å². The number of amides is 1. The summed E-state index contributed by atoms with van der Waals surface area (Å²) in [5.74, 6) is -0.173. The number of nitrogens with zero attached hydrogens (tertiary/aromatic N) is 4. The number of H-pyrrole nitrogens is 1. The molecule has 0 radical (unpaired) electrons. The number of alkyl halides is 2. The summed E-state index contributed by atoms with van der Waals surface area (Å²) in [5, 5.41) is 4.88. The van der Waals surface area contributed by atoms with Crippen LogP contribution in [-0.4, -0.2) is 52.1 Å². The molecule has 1 aliphatic rings. The van der Waals surface area contributed by atoms with E-state index in [-0.39, 0.29) is 22.5 Å². The van der Waals surface area contributed by atoms with Gasteiger partial charge in [0, 0.05) is 47.7 Å². The van der Waals surface area contributed by atoms with E-state index in [0.29, 0.717) is 48.2 Å². The maximum absolute atomic E-state index is 14.0. The lowest BCUT2D eigenvalue weighted by Crippen LogP contribution is -2.36. The van der Waals surface area contributed by atoms with Crippen LogP contribution in [-0.2, 0) is 4.74 Å². The molecule has 1 fully saturated rings. The number of aromatic nitrogens is 4. The molecule has 164 valence electrons. The highest BCUT2D eigenvalue weighted by molar-refractivity contribution is 7.13. The predicted molar refractivity (Wildman–Crippen MR) is 117 cm³/mol. The zero-order valence-corrected chi connectivity index (χ0v) is 17.5. The zero-order chi connectivity index (χ0) is 22.1. The van der Waals surface area contributed by atoms with Crippen molar-refractivity contribution in [3.8, 4) is 11.4 Å². The first-order valence-electron chi connectivity index (χ1n) is 9.90. The summed E-state index contributed by atoms with van der Waals surface area (Å²) in [7, 11) is 0. The van der Waals surface area contributed by atoms with Gasteiger partial charge in [-0.05, 0) is 18.2 Å². The number of benzene rings is 1. The number of pyridine rings is 1. The fraction of sp³-hybridized carbons (Fsp3) is 0.238. The van der Waals surface area contributed by atoms with Crippen molar-refractivity contribution in [1.82, 2.24) is 19.9 Å². The smallest absolute Gasteiger partial charge is 0.264 e. The number of aromatic amines is 1. The van der Waals surface area contributed by atoms with E-state index in [4.69, 9.17) is 4.74 Å². The van der Waals surface area contributed by atoms with Crippen molar-refractivity contribution in [1.29, 1.82) is 0 Å². The van der Waals surface area contributed by atoms with E-state index in [1.165, 1.54) is 29.8 Å². The second kappa shape index (κ2) is 8.60. The van der Waals surface area contributed by atoms with Crippen molar-refractivity contribution in [3.63, 3.8) is 0 Å². The molecule has 1 aromatic carbocycles. The number of halogens is 2. The standard InChI is InChI=1S/C21H18F2N6O2S/c22-18(23)14-9-12(29-4-6-31-7-5-29)1-2-13(14)19-26-16-11-24-10-15(17(16)27-19)20(30)28-21-25-3-8-32-21/h1-3,8-11,18H,4-7H2,(H,26,27)(H,25,28,30). The van der Waals surface area contributed by atoms with Crippen molar-refractivity contribution < 1.29 is 18.3 Å². The number of carbonyl (C=O) groups excluding carboxylic acids is 1. The fourth-order valence-corrected chi connectivity index (χ4v) is 4.16. The lowest BCUT2D eigenvalue weighted by molar-refractivity contribution is 0.102. The van der Waals surface area contributed by atoms with Crippen LogP contribution in [0.1, 0.15) is 22.3 Å². The average Bonchev–Trinajstić information content (AvgIpc) is 3.48. The third-order valence-corrected chi connectivity index (χ3v) is 5.88. The van der Waals surface area contributed by atoms with Gasteiger partial charge in [0.2, 0.25) is 0 Å². The van der Waals surface area contributed by atoms with Gasteiger partial charge >= 0.3 is 0 Å². The van der Waals surface area contributed by atoms with Gasteiger partial charge in [-0.2, -0.15) is 0 Å². The number of fused-ring (bicyclic) bond motifs is 1. The maximum atomic E-state index is 14.0. The second-order valence-electron chi connectivity index (χ2n) is 7.13. The number of morpholine rings is 1. The van der Waals surface area contributed by atoms with Crippen LogP contribution in [0, 0.1) is 0 Å². The Kier molecular flexibility index (Phi) is 5.50. The molecule has 0 unspecified atom stereocenters. The number of imidazole rings is 1. The van der Waals surface area contributed by atoms with Gasteiger partial charge in [0.1, 0.15) is 11.3 Å². The Morgan fingerprint density at radius 3 is 2.84 bits per heavy atom. The Labute approximate surface area is 185 Å². The first kappa shape index (κ1) is 20.5. The zero-order valence-electron chi connectivity index (χ0n) is 16.7. The minimum absolute atomic E-state index is 0.130. The summed E-state index contributed by atoms with van der Waals surface area (Å²) in [5.41, 5.74) is 1.91. The second-order valence-corrected chi connectivity index (χ2v) is 8.03. The van der Waals surface area contributed by atoms with Crippen LogP contribution in [0.15, 0.2) is 42.2 Å². The molecular weight excluding hydrogens is 438 g/mol. The van der Waals surface area contributed by atoms with E-state index >= 15 is 0 Å². The highest BCUT2D eigenvalue weighted by Gasteiger charge is 2.22. The summed E-state index contributed by atoms with van der Waals surface area (Å²) in [6.07, 6.45) is 1.80. The Bertz CT molecular complexity index is 1250. The Balaban J connectivity index is 1.52. The normalized spacial score (nSPS) is 14.3. The Morgan fingerprint density at radius 2 is 2.09 bits per heavy atom. The molecule has 32 heavy (non-hydrogen) atoms. The van der Waals surface area contributed by atoms with E-state index in [2.05, 4.69) is 25.3 Å². The summed E-state index contributed by atoms with van der Waals surface area (Å²) < 4.78 is 33.3.